The lowest BCUT2D eigenvalue weighted by molar-refractivity contribution is 0.214. The van der Waals surface area contributed by atoms with E-state index < -0.39 is 17.7 Å². The maximum Gasteiger partial charge on any atom is 0.133 e. The van der Waals surface area contributed by atoms with Gasteiger partial charge in [0.15, 0.2) is 0 Å². The highest BCUT2D eigenvalue weighted by Crippen LogP contribution is 2.31. The molecule has 0 heterocycles. The molecule has 0 bridgehead atoms. The van der Waals surface area contributed by atoms with Crippen molar-refractivity contribution in [1.82, 2.24) is 0 Å². The average Bonchev–Trinajstić information content (AvgIpc) is 2.40. The molecule has 0 amide bonds. The van der Waals surface area contributed by atoms with Crippen molar-refractivity contribution in [2.45, 2.75) is 6.10 Å². The van der Waals surface area contributed by atoms with E-state index in [2.05, 4.69) is 0 Å². The Labute approximate surface area is 114 Å². The predicted molar refractivity (Wildman–Crippen MR) is 68.4 cm³/mol. The molecule has 1 atom stereocenters. The van der Waals surface area contributed by atoms with Crippen molar-refractivity contribution in [3.8, 4) is 5.75 Å². The first-order chi connectivity index (χ1) is 9.02. The van der Waals surface area contributed by atoms with Gasteiger partial charge in [0.05, 0.1) is 7.11 Å². The van der Waals surface area contributed by atoms with E-state index in [-0.39, 0.29) is 16.1 Å². The summed E-state index contributed by atoms with van der Waals surface area (Å²) in [6.07, 6.45) is -1.34. The lowest BCUT2D eigenvalue weighted by atomic mass is 10.0. The topological polar surface area (TPSA) is 29.5 Å². The van der Waals surface area contributed by atoms with Crippen LogP contribution in [0.3, 0.4) is 0 Å². The molecule has 5 heteroatoms. The highest BCUT2D eigenvalue weighted by atomic mass is 35.5. The summed E-state index contributed by atoms with van der Waals surface area (Å²) in [5, 5.41) is 10.3. The first kappa shape index (κ1) is 13.8. The van der Waals surface area contributed by atoms with Crippen LogP contribution in [0.1, 0.15) is 17.2 Å². The SMILES string of the molecule is COc1ccc(C(O)c2cc(F)ccc2Cl)c(F)c1. The van der Waals surface area contributed by atoms with Crippen LogP contribution in [0.4, 0.5) is 8.78 Å². The van der Waals surface area contributed by atoms with Gasteiger partial charge < -0.3 is 9.84 Å². The molecule has 2 rings (SSSR count). The third-order valence-corrected chi connectivity index (χ3v) is 3.10. The molecule has 2 aromatic carbocycles. The van der Waals surface area contributed by atoms with Crippen LogP contribution in [-0.2, 0) is 0 Å². The minimum Gasteiger partial charge on any atom is -0.497 e. The molecule has 2 nitrogen and oxygen atoms in total. The van der Waals surface area contributed by atoms with Gasteiger partial charge in [0.25, 0.3) is 0 Å². The monoisotopic (exact) mass is 284 g/mol. The van der Waals surface area contributed by atoms with Gasteiger partial charge >= 0.3 is 0 Å². The Hall–Kier alpha value is -1.65. The standard InChI is InChI=1S/C14H11ClF2O2/c1-19-9-3-4-10(13(17)7-9)14(18)11-6-8(16)2-5-12(11)15/h2-7,14,18H,1H3. The van der Waals surface area contributed by atoms with Gasteiger partial charge in [-0.15, -0.1) is 0 Å². The molecule has 0 saturated heterocycles. The van der Waals surface area contributed by atoms with Crippen molar-refractivity contribution in [3.05, 3.63) is 64.2 Å². The Morgan fingerprint density at radius 1 is 1.11 bits per heavy atom. The Kier molecular flexibility index (Phi) is 4.02. The number of aliphatic hydroxyl groups excluding tert-OH is 1. The van der Waals surface area contributed by atoms with Gasteiger partial charge in [-0.3, -0.25) is 0 Å². The van der Waals surface area contributed by atoms with Gasteiger partial charge in [-0.05, 0) is 30.3 Å². The summed E-state index contributed by atoms with van der Waals surface area (Å²) in [6, 6.07) is 7.59. The number of halogens is 3. The minimum atomic E-state index is -1.34. The second-order valence-corrected chi connectivity index (χ2v) is 4.36. The smallest absolute Gasteiger partial charge is 0.133 e. The van der Waals surface area contributed by atoms with Crippen LogP contribution in [0, 0.1) is 11.6 Å². The van der Waals surface area contributed by atoms with E-state index in [1.165, 1.54) is 31.4 Å². The minimum absolute atomic E-state index is 0.00769. The van der Waals surface area contributed by atoms with Crippen LogP contribution >= 0.6 is 11.6 Å². The molecule has 1 unspecified atom stereocenters. The fourth-order valence-corrected chi connectivity index (χ4v) is 1.97. The highest BCUT2D eigenvalue weighted by Gasteiger charge is 2.18. The number of ether oxygens (including phenoxy) is 1. The van der Waals surface area contributed by atoms with Crippen LogP contribution in [0.15, 0.2) is 36.4 Å². The van der Waals surface area contributed by atoms with Crippen molar-refractivity contribution >= 4 is 11.6 Å². The second kappa shape index (κ2) is 5.55. The molecule has 0 fully saturated rings. The Morgan fingerprint density at radius 3 is 2.47 bits per heavy atom. The molecule has 0 aliphatic heterocycles. The summed E-state index contributed by atoms with van der Waals surface area (Å²) >= 11 is 5.88. The number of methoxy groups -OCH3 is 1. The maximum atomic E-state index is 13.8. The summed E-state index contributed by atoms with van der Waals surface area (Å²) in [4.78, 5) is 0. The third-order valence-electron chi connectivity index (χ3n) is 2.75. The molecule has 100 valence electrons. The van der Waals surface area contributed by atoms with Crippen molar-refractivity contribution < 1.29 is 18.6 Å². The van der Waals surface area contributed by atoms with Crippen molar-refractivity contribution in [2.75, 3.05) is 7.11 Å². The molecule has 0 aliphatic carbocycles. The zero-order valence-corrected chi connectivity index (χ0v) is 10.8. The second-order valence-electron chi connectivity index (χ2n) is 3.96. The summed E-state index contributed by atoms with van der Waals surface area (Å²) < 4.78 is 31.9. The van der Waals surface area contributed by atoms with Gasteiger partial charge in [-0.1, -0.05) is 11.6 Å². The third kappa shape index (κ3) is 2.85. The largest absolute Gasteiger partial charge is 0.497 e. The summed E-state index contributed by atoms with van der Waals surface area (Å²) in [5.74, 6) is -0.863. The molecule has 0 radical (unpaired) electrons. The number of aliphatic hydroxyl groups is 1. The zero-order chi connectivity index (χ0) is 14.0. The molecule has 19 heavy (non-hydrogen) atoms. The number of rotatable bonds is 3. The van der Waals surface area contributed by atoms with Crippen LogP contribution in [-0.4, -0.2) is 12.2 Å². The number of hydrogen-bond acceptors (Lipinski definition) is 2. The van der Waals surface area contributed by atoms with Crippen LogP contribution in [0.25, 0.3) is 0 Å². The Morgan fingerprint density at radius 2 is 1.84 bits per heavy atom. The first-order valence-corrected chi connectivity index (χ1v) is 5.87. The van der Waals surface area contributed by atoms with Crippen LogP contribution < -0.4 is 4.74 Å². The molecular formula is C14H11ClF2O2. The fraction of sp³-hybridized carbons (Fsp3) is 0.143. The molecule has 0 spiro atoms. The van der Waals surface area contributed by atoms with E-state index in [1.807, 2.05) is 0 Å². The number of benzene rings is 2. The summed E-state index contributed by atoms with van der Waals surface area (Å²) in [5.41, 5.74) is 0.124. The van der Waals surface area contributed by atoms with E-state index in [0.717, 1.165) is 12.1 Å². The van der Waals surface area contributed by atoms with Gasteiger partial charge in [0.1, 0.15) is 23.5 Å². The van der Waals surface area contributed by atoms with Crippen LogP contribution in [0.5, 0.6) is 5.75 Å². The molecular weight excluding hydrogens is 274 g/mol. The summed E-state index contributed by atoms with van der Waals surface area (Å²) in [7, 11) is 1.41. The molecule has 0 aromatic heterocycles. The molecule has 0 saturated carbocycles. The van der Waals surface area contributed by atoms with E-state index in [4.69, 9.17) is 16.3 Å². The van der Waals surface area contributed by atoms with E-state index in [0.29, 0.717) is 5.75 Å². The lowest BCUT2D eigenvalue weighted by Gasteiger charge is -2.14. The maximum absolute atomic E-state index is 13.8. The van der Waals surface area contributed by atoms with Crippen molar-refractivity contribution in [3.63, 3.8) is 0 Å². The van der Waals surface area contributed by atoms with E-state index in [1.54, 1.807) is 0 Å². The Balaban J connectivity index is 2.43. The molecule has 2 aromatic rings. The number of hydrogen-bond donors (Lipinski definition) is 1. The summed E-state index contributed by atoms with van der Waals surface area (Å²) in [6.45, 7) is 0. The van der Waals surface area contributed by atoms with E-state index >= 15 is 0 Å². The lowest BCUT2D eigenvalue weighted by Crippen LogP contribution is -2.04. The highest BCUT2D eigenvalue weighted by molar-refractivity contribution is 6.31. The molecule has 1 N–H and O–H groups in total. The quantitative estimate of drug-likeness (QED) is 0.931. The van der Waals surface area contributed by atoms with Gasteiger partial charge in [0.2, 0.25) is 0 Å². The van der Waals surface area contributed by atoms with Gasteiger partial charge in [-0.25, -0.2) is 8.78 Å². The van der Waals surface area contributed by atoms with E-state index in [9.17, 15) is 13.9 Å². The average molecular weight is 285 g/mol. The molecule has 0 aliphatic rings. The van der Waals surface area contributed by atoms with Crippen LogP contribution in [0.2, 0.25) is 5.02 Å². The van der Waals surface area contributed by atoms with Gasteiger partial charge in [-0.2, -0.15) is 0 Å². The zero-order valence-electron chi connectivity index (χ0n) is 10.0. The first-order valence-electron chi connectivity index (χ1n) is 5.49. The van der Waals surface area contributed by atoms with Gasteiger partial charge in [0, 0.05) is 22.2 Å². The Bertz CT molecular complexity index is 602. The van der Waals surface area contributed by atoms with Crippen molar-refractivity contribution in [1.29, 1.82) is 0 Å². The predicted octanol–water partition coefficient (Wildman–Crippen LogP) is 3.71. The fourth-order valence-electron chi connectivity index (χ4n) is 1.75. The van der Waals surface area contributed by atoms with Crippen molar-refractivity contribution in [2.24, 2.45) is 0 Å². The normalized spacial score (nSPS) is 12.3.